The summed E-state index contributed by atoms with van der Waals surface area (Å²) in [5, 5.41) is 0.480. The molecule has 0 radical (unpaired) electrons. The molecule has 2 heterocycles. The van der Waals surface area contributed by atoms with Crippen molar-refractivity contribution < 1.29 is 18.7 Å². The molecular weight excluding hydrogens is 418 g/mol. The summed E-state index contributed by atoms with van der Waals surface area (Å²) in [5.74, 6) is 2.25. The van der Waals surface area contributed by atoms with Gasteiger partial charge in [0.1, 0.15) is 28.7 Å². The highest BCUT2D eigenvalue weighted by Gasteiger charge is 2.28. The molecule has 0 aliphatic carbocycles. The van der Waals surface area contributed by atoms with Crippen molar-refractivity contribution in [2.75, 3.05) is 14.2 Å². The first kappa shape index (κ1) is 20.6. The second kappa shape index (κ2) is 8.57. The number of hydrogen-bond acceptors (Lipinski definition) is 6. The van der Waals surface area contributed by atoms with Crippen LogP contribution >= 0.6 is 11.6 Å². The maximum atomic E-state index is 12.8. The fourth-order valence-electron chi connectivity index (χ4n) is 3.17. The second-order valence-electron chi connectivity index (χ2n) is 6.79. The Bertz CT molecular complexity index is 1180. The topological polar surface area (TPSA) is 90.3 Å². The first-order chi connectivity index (χ1) is 15.0. The lowest BCUT2D eigenvalue weighted by molar-refractivity contribution is -0.123. The van der Waals surface area contributed by atoms with Crippen molar-refractivity contribution in [1.29, 1.82) is 0 Å². The molecule has 8 heteroatoms. The summed E-state index contributed by atoms with van der Waals surface area (Å²) in [7, 11) is 3.16. The van der Waals surface area contributed by atoms with Gasteiger partial charge in [0.05, 0.1) is 25.8 Å². The maximum Gasteiger partial charge on any atom is 0.279 e. The van der Waals surface area contributed by atoms with Crippen LogP contribution in [0.1, 0.15) is 11.3 Å². The van der Waals surface area contributed by atoms with E-state index in [9.17, 15) is 4.79 Å². The summed E-state index contributed by atoms with van der Waals surface area (Å²) in [6.45, 7) is 0.309. The lowest BCUT2D eigenvalue weighted by Crippen LogP contribution is -2.36. The van der Waals surface area contributed by atoms with E-state index < -0.39 is 0 Å². The lowest BCUT2D eigenvalue weighted by atomic mass is 10.1. The van der Waals surface area contributed by atoms with Crippen molar-refractivity contribution in [3.8, 4) is 22.8 Å². The van der Waals surface area contributed by atoms with Gasteiger partial charge in [-0.1, -0.05) is 23.7 Å². The number of rotatable bonds is 6. The van der Waals surface area contributed by atoms with Gasteiger partial charge in [0.2, 0.25) is 5.96 Å². The Morgan fingerprint density at radius 1 is 1.10 bits per heavy atom. The van der Waals surface area contributed by atoms with Crippen LogP contribution in [-0.4, -0.2) is 31.0 Å². The Morgan fingerprint density at radius 3 is 2.55 bits per heavy atom. The molecule has 1 aliphatic rings. The molecule has 1 amide bonds. The van der Waals surface area contributed by atoms with Crippen LogP contribution in [0.15, 0.2) is 69.7 Å². The number of hydrogen-bond donors (Lipinski definition) is 1. The number of methoxy groups -OCH3 is 2. The third-order valence-corrected chi connectivity index (χ3v) is 5.11. The van der Waals surface area contributed by atoms with Gasteiger partial charge in [-0.2, -0.15) is 0 Å². The number of guanidine groups is 1. The first-order valence-corrected chi connectivity index (χ1v) is 9.80. The maximum absolute atomic E-state index is 12.8. The van der Waals surface area contributed by atoms with E-state index in [1.165, 1.54) is 4.90 Å². The van der Waals surface area contributed by atoms with Gasteiger partial charge in [0.15, 0.2) is 0 Å². The summed E-state index contributed by atoms with van der Waals surface area (Å²) < 4.78 is 16.2. The summed E-state index contributed by atoms with van der Waals surface area (Å²) >= 11 is 6.19. The number of nitrogens with zero attached hydrogens (tertiary/aromatic N) is 2. The van der Waals surface area contributed by atoms with Gasteiger partial charge < -0.3 is 19.6 Å². The minimum atomic E-state index is -0.293. The molecular formula is C23H20ClN3O4. The third kappa shape index (κ3) is 4.27. The van der Waals surface area contributed by atoms with Crippen molar-refractivity contribution in [3.63, 3.8) is 0 Å². The largest absolute Gasteiger partial charge is 0.497 e. The van der Waals surface area contributed by atoms with Gasteiger partial charge in [0, 0.05) is 11.6 Å². The van der Waals surface area contributed by atoms with E-state index in [2.05, 4.69) is 4.99 Å². The molecule has 0 atom stereocenters. The molecule has 0 spiro atoms. The quantitative estimate of drug-likeness (QED) is 0.580. The van der Waals surface area contributed by atoms with E-state index in [0.717, 1.165) is 16.9 Å². The number of furan rings is 1. The molecule has 7 nitrogen and oxygen atoms in total. The van der Waals surface area contributed by atoms with Crippen molar-refractivity contribution in [3.05, 3.63) is 76.6 Å². The molecule has 158 valence electrons. The van der Waals surface area contributed by atoms with Crippen LogP contribution in [0.3, 0.4) is 0 Å². The van der Waals surface area contributed by atoms with Crippen LogP contribution in [0.4, 0.5) is 0 Å². The van der Waals surface area contributed by atoms with E-state index in [1.54, 1.807) is 44.6 Å². The van der Waals surface area contributed by atoms with Crippen LogP contribution in [-0.2, 0) is 11.3 Å². The third-order valence-electron chi connectivity index (χ3n) is 4.82. The SMILES string of the molecule is COc1ccc(CN2C(=O)C(=Cc3ccc(-c4ccc(OC)c(Cl)c4)o3)N=C2N)cc1. The second-order valence-corrected chi connectivity index (χ2v) is 7.20. The molecule has 0 bridgehead atoms. The predicted octanol–water partition coefficient (Wildman–Crippen LogP) is 4.32. The highest BCUT2D eigenvalue weighted by Crippen LogP contribution is 2.31. The van der Waals surface area contributed by atoms with Crippen LogP contribution < -0.4 is 15.2 Å². The monoisotopic (exact) mass is 437 g/mol. The normalized spacial score (nSPS) is 14.8. The molecule has 0 unspecified atom stereocenters. The number of amides is 1. The van der Waals surface area contributed by atoms with E-state index in [-0.39, 0.29) is 17.6 Å². The molecule has 31 heavy (non-hydrogen) atoms. The number of ether oxygens (including phenoxy) is 2. The summed E-state index contributed by atoms with van der Waals surface area (Å²) in [6.07, 6.45) is 1.57. The van der Waals surface area contributed by atoms with Gasteiger partial charge >= 0.3 is 0 Å². The molecule has 0 fully saturated rings. The zero-order valence-corrected chi connectivity index (χ0v) is 17.7. The van der Waals surface area contributed by atoms with Crippen molar-refractivity contribution in [2.45, 2.75) is 6.54 Å². The number of halogens is 1. The van der Waals surface area contributed by atoms with Crippen molar-refractivity contribution in [1.82, 2.24) is 4.90 Å². The van der Waals surface area contributed by atoms with E-state index in [4.69, 9.17) is 31.2 Å². The fourth-order valence-corrected chi connectivity index (χ4v) is 3.43. The summed E-state index contributed by atoms with van der Waals surface area (Å²) in [4.78, 5) is 18.4. The van der Waals surface area contributed by atoms with Crippen molar-refractivity contribution >= 4 is 29.5 Å². The van der Waals surface area contributed by atoms with Crippen LogP contribution in [0, 0.1) is 0 Å². The Labute approximate surface area is 184 Å². The smallest absolute Gasteiger partial charge is 0.279 e. The molecule has 0 saturated carbocycles. The van der Waals surface area contributed by atoms with E-state index in [0.29, 0.717) is 28.8 Å². The average molecular weight is 438 g/mol. The summed E-state index contributed by atoms with van der Waals surface area (Å²) in [5.41, 5.74) is 7.89. The number of benzene rings is 2. The molecule has 2 N–H and O–H groups in total. The van der Waals surface area contributed by atoms with Crippen molar-refractivity contribution in [2.24, 2.45) is 10.7 Å². The zero-order valence-electron chi connectivity index (χ0n) is 17.0. The lowest BCUT2D eigenvalue weighted by Gasteiger charge is -2.15. The highest BCUT2D eigenvalue weighted by atomic mass is 35.5. The summed E-state index contributed by atoms with van der Waals surface area (Å²) in [6, 6.07) is 16.3. The molecule has 2 aromatic carbocycles. The predicted molar refractivity (Wildman–Crippen MR) is 119 cm³/mol. The Morgan fingerprint density at radius 2 is 1.87 bits per heavy atom. The van der Waals surface area contributed by atoms with E-state index in [1.807, 2.05) is 30.3 Å². The van der Waals surface area contributed by atoms with Gasteiger partial charge in [-0.05, 0) is 48.0 Å². The number of nitrogens with two attached hydrogens (primary N) is 1. The average Bonchev–Trinajstić information content (AvgIpc) is 3.34. The number of aliphatic imine (C=N–C) groups is 1. The molecule has 1 aliphatic heterocycles. The first-order valence-electron chi connectivity index (χ1n) is 9.43. The Balaban J connectivity index is 1.52. The van der Waals surface area contributed by atoms with Gasteiger partial charge in [-0.3, -0.25) is 9.69 Å². The van der Waals surface area contributed by atoms with Crippen LogP contribution in [0.5, 0.6) is 11.5 Å². The minimum absolute atomic E-state index is 0.140. The van der Waals surface area contributed by atoms with E-state index >= 15 is 0 Å². The number of carbonyl (C=O) groups is 1. The van der Waals surface area contributed by atoms with Crippen LogP contribution in [0.2, 0.25) is 5.02 Å². The zero-order chi connectivity index (χ0) is 22.0. The molecule has 3 aromatic rings. The molecule has 1 aromatic heterocycles. The van der Waals surface area contributed by atoms with Gasteiger partial charge in [0.25, 0.3) is 5.91 Å². The fraction of sp³-hybridized carbons (Fsp3) is 0.130. The Kier molecular flexibility index (Phi) is 5.68. The minimum Gasteiger partial charge on any atom is -0.497 e. The molecule has 0 saturated heterocycles. The Hall–Kier alpha value is -3.71. The highest BCUT2D eigenvalue weighted by molar-refractivity contribution is 6.32. The van der Waals surface area contributed by atoms with Gasteiger partial charge in [-0.15, -0.1) is 0 Å². The molecule has 4 rings (SSSR count). The van der Waals surface area contributed by atoms with Crippen LogP contribution in [0.25, 0.3) is 17.4 Å². The van der Waals surface area contributed by atoms with Gasteiger partial charge in [-0.25, -0.2) is 4.99 Å². The standard InChI is InChI=1S/C23H20ClN3O4/c1-29-16-6-3-14(4-7-16)13-27-22(28)19(26-23(27)25)12-17-8-10-20(31-17)15-5-9-21(30-2)18(24)11-15/h3-12H,13H2,1-2H3,(H2,25,26). The number of carbonyl (C=O) groups excluding carboxylic acids is 1.